The van der Waals surface area contributed by atoms with Crippen LogP contribution in [-0.4, -0.2) is 116 Å². The summed E-state index contributed by atoms with van der Waals surface area (Å²) in [5.41, 5.74) is 4.33. The largest absolute Gasteiger partial charge is 0.477 e. The van der Waals surface area contributed by atoms with Crippen LogP contribution in [0.15, 0.2) is 73.6 Å². The molecule has 22 heteroatoms. The predicted octanol–water partition coefficient (Wildman–Crippen LogP) is 2.81. The number of esters is 4. The Morgan fingerprint density at radius 3 is 1.16 bits per heavy atom. The highest BCUT2D eigenvalue weighted by Crippen LogP contribution is 2.33. The average molecular weight is 879 g/mol. The van der Waals surface area contributed by atoms with Crippen LogP contribution in [0.5, 0.6) is 0 Å². The second kappa shape index (κ2) is 21.3. The molecule has 0 unspecified atom stereocenters. The number of aromatic nitrogens is 6. The molecule has 2 aliphatic rings. The number of methoxy groups -OCH3 is 4. The summed E-state index contributed by atoms with van der Waals surface area (Å²) in [5, 5.41) is 23.2. The van der Waals surface area contributed by atoms with Gasteiger partial charge in [0.15, 0.2) is 22.8 Å². The van der Waals surface area contributed by atoms with Crippen LogP contribution in [0.1, 0.15) is 131 Å². The molecular formula is C42H38N8O14. The molecule has 5 aromatic rings. The molecule has 0 aliphatic heterocycles. The Balaban J connectivity index is 0.000000191. The third-order valence-corrected chi connectivity index (χ3v) is 9.59. The molecule has 22 nitrogen and oxygen atoms in total. The maximum Gasteiger partial charge on any atom is 0.356 e. The fraction of sp³-hybridized carbons (Fsp3) is 0.238. The molecule has 0 saturated heterocycles. The van der Waals surface area contributed by atoms with Crippen molar-refractivity contribution in [1.82, 2.24) is 40.5 Å². The fourth-order valence-corrected chi connectivity index (χ4v) is 6.48. The first-order valence-electron chi connectivity index (χ1n) is 18.8. The minimum atomic E-state index is -1.22. The highest BCUT2D eigenvalue weighted by atomic mass is 16.5. The Morgan fingerprint density at radius 1 is 0.469 bits per heavy atom. The lowest BCUT2D eigenvalue weighted by Gasteiger charge is -2.14. The van der Waals surface area contributed by atoms with Crippen molar-refractivity contribution in [3.05, 3.63) is 141 Å². The molecule has 2 aromatic carbocycles. The van der Waals surface area contributed by atoms with Crippen molar-refractivity contribution >= 4 is 47.6 Å². The lowest BCUT2D eigenvalue weighted by molar-refractivity contribution is 0.0584. The predicted molar refractivity (Wildman–Crippen MR) is 215 cm³/mol. The van der Waals surface area contributed by atoms with E-state index in [1.54, 1.807) is 30.3 Å². The standard InChI is InChI=1S/C18H17N3O5.C17H15N3O5.C7H6N2O4/c1-25-17(23)11-3-5-12-10(7-11)4-6-13(12)21-16(22)14-8-15(18(24)26-2)20-9-19-14;1-25-17(24)10-2-4-11-9(6-10)3-5-12(11)20-15(21)13-7-14(16(22)23)19-8-18-13;1-13-7(12)5-2-4(6(10)11)8-3-9-5/h3,5,7-9,13H,4,6H2,1-2H3,(H,21,22);2,4,6-8,12H,3,5H2,1H3,(H,20,21)(H,22,23);2-3H,1H3,(H,10,11)/t13-;12-;/m00./s1. The van der Waals surface area contributed by atoms with Crippen LogP contribution >= 0.6 is 0 Å². The van der Waals surface area contributed by atoms with Crippen molar-refractivity contribution in [3.63, 3.8) is 0 Å². The Labute approximate surface area is 362 Å². The first-order chi connectivity index (χ1) is 30.7. The lowest BCUT2D eigenvalue weighted by Crippen LogP contribution is -2.28. The van der Waals surface area contributed by atoms with E-state index in [-0.39, 0.29) is 46.2 Å². The first kappa shape index (κ1) is 46.5. The number of rotatable bonds is 10. The number of carboxylic acids is 2. The van der Waals surface area contributed by atoms with Crippen molar-refractivity contribution in [2.75, 3.05) is 28.4 Å². The third kappa shape index (κ3) is 11.4. The number of benzene rings is 2. The average Bonchev–Trinajstić information content (AvgIpc) is 3.93. The zero-order valence-corrected chi connectivity index (χ0v) is 34.4. The molecule has 2 atom stereocenters. The van der Waals surface area contributed by atoms with Gasteiger partial charge in [0.05, 0.1) is 51.6 Å². The van der Waals surface area contributed by atoms with Gasteiger partial charge in [-0.3, -0.25) is 9.59 Å². The van der Waals surface area contributed by atoms with Gasteiger partial charge in [-0.25, -0.2) is 58.7 Å². The number of nitrogens with zero attached hydrogens (tertiary/aromatic N) is 6. The number of aromatic carboxylic acids is 2. The molecule has 4 N–H and O–H groups in total. The molecule has 3 heterocycles. The van der Waals surface area contributed by atoms with Crippen LogP contribution in [0.4, 0.5) is 0 Å². The third-order valence-electron chi connectivity index (χ3n) is 9.59. The number of aryl methyl sites for hydroxylation is 2. The molecule has 2 amide bonds. The van der Waals surface area contributed by atoms with E-state index in [0.29, 0.717) is 24.0 Å². The maximum atomic E-state index is 12.5. The first-order valence-corrected chi connectivity index (χ1v) is 18.8. The zero-order chi connectivity index (χ0) is 46.5. The molecule has 0 fully saturated rings. The Bertz CT molecular complexity index is 2640. The summed E-state index contributed by atoms with van der Waals surface area (Å²) < 4.78 is 18.4. The van der Waals surface area contributed by atoms with Crippen LogP contribution in [0.2, 0.25) is 0 Å². The van der Waals surface area contributed by atoms with Gasteiger partial charge in [0.2, 0.25) is 0 Å². The summed E-state index contributed by atoms with van der Waals surface area (Å²) >= 11 is 0. The Morgan fingerprint density at radius 2 is 0.797 bits per heavy atom. The van der Waals surface area contributed by atoms with Crippen LogP contribution in [0.25, 0.3) is 0 Å². The van der Waals surface area contributed by atoms with E-state index in [2.05, 4.69) is 50.0 Å². The monoisotopic (exact) mass is 878 g/mol. The van der Waals surface area contributed by atoms with E-state index in [9.17, 15) is 38.4 Å². The van der Waals surface area contributed by atoms with Gasteiger partial charge < -0.3 is 39.8 Å². The Hall–Kier alpha value is -8.56. The minimum Gasteiger partial charge on any atom is -0.477 e. The van der Waals surface area contributed by atoms with Gasteiger partial charge in [0.25, 0.3) is 11.8 Å². The number of fused-ring (bicyclic) bond motifs is 2. The molecule has 0 radical (unpaired) electrons. The second-order valence-corrected chi connectivity index (χ2v) is 13.4. The number of nitrogens with one attached hydrogen (secondary N) is 2. The topological polar surface area (TPSA) is 315 Å². The molecule has 2 aliphatic carbocycles. The lowest BCUT2D eigenvalue weighted by atomic mass is 10.0. The van der Waals surface area contributed by atoms with Gasteiger partial charge in [0, 0.05) is 18.2 Å². The van der Waals surface area contributed by atoms with Crippen molar-refractivity contribution in [3.8, 4) is 0 Å². The molecule has 0 saturated carbocycles. The van der Waals surface area contributed by atoms with Crippen LogP contribution < -0.4 is 10.6 Å². The van der Waals surface area contributed by atoms with E-state index >= 15 is 0 Å². The summed E-state index contributed by atoms with van der Waals surface area (Å²) in [6.45, 7) is 0. The summed E-state index contributed by atoms with van der Waals surface area (Å²) in [6.07, 6.45) is 6.03. The fourth-order valence-electron chi connectivity index (χ4n) is 6.48. The molecule has 7 rings (SSSR count). The molecule has 330 valence electrons. The normalized spacial score (nSPS) is 14.0. The summed E-state index contributed by atoms with van der Waals surface area (Å²) in [7, 11) is 5.09. The number of hydrogen-bond acceptors (Lipinski definition) is 18. The van der Waals surface area contributed by atoms with E-state index < -0.39 is 47.6 Å². The van der Waals surface area contributed by atoms with E-state index in [0.717, 1.165) is 66.2 Å². The minimum absolute atomic E-state index is 0.00738. The van der Waals surface area contributed by atoms with Crippen LogP contribution in [-0.2, 0) is 31.8 Å². The zero-order valence-electron chi connectivity index (χ0n) is 34.4. The summed E-state index contributed by atoms with van der Waals surface area (Å²) in [4.78, 5) is 114. The second-order valence-electron chi connectivity index (χ2n) is 13.4. The molecule has 0 spiro atoms. The molecule has 0 bridgehead atoms. The maximum absolute atomic E-state index is 12.5. The van der Waals surface area contributed by atoms with E-state index in [4.69, 9.17) is 19.7 Å². The number of carbonyl (C=O) groups is 8. The van der Waals surface area contributed by atoms with Crippen molar-refractivity contribution in [2.45, 2.75) is 37.8 Å². The summed E-state index contributed by atoms with van der Waals surface area (Å²) in [6, 6.07) is 13.5. The number of carbonyl (C=O) groups excluding carboxylic acids is 6. The van der Waals surface area contributed by atoms with E-state index in [1.165, 1.54) is 34.5 Å². The summed E-state index contributed by atoms with van der Waals surface area (Å²) in [5.74, 6) is -5.44. The SMILES string of the molecule is COC(=O)c1cc(C(=O)O)ncn1.COC(=O)c1ccc2c(c1)CC[C@@H]2NC(=O)c1cc(C(=O)O)ncn1.COC(=O)c1ccc2c(c1)CC[C@@H]2NC(=O)c1cc(C(=O)OC)ncn1. The quantitative estimate of drug-likeness (QED) is 0.116. The Kier molecular flexibility index (Phi) is 15.5. The number of carboxylic acid groups (broad SMARTS) is 2. The van der Waals surface area contributed by atoms with Crippen LogP contribution in [0, 0.1) is 0 Å². The number of hydrogen-bond donors (Lipinski definition) is 4. The highest BCUT2D eigenvalue weighted by Gasteiger charge is 2.28. The van der Waals surface area contributed by atoms with Crippen LogP contribution in [0.3, 0.4) is 0 Å². The van der Waals surface area contributed by atoms with E-state index in [1.807, 2.05) is 6.07 Å². The van der Waals surface area contributed by atoms with Gasteiger partial charge in [0.1, 0.15) is 30.4 Å². The number of ether oxygens (including phenoxy) is 4. The van der Waals surface area contributed by atoms with Gasteiger partial charge in [-0.2, -0.15) is 0 Å². The van der Waals surface area contributed by atoms with Crippen molar-refractivity contribution < 1.29 is 67.5 Å². The van der Waals surface area contributed by atoms with Gasteiger partial charge in [-0.15, -0.1) is 0 Å². The van der Waals surface area contributed by atoms with Gasteiger partial charge in [-0.1, -0.05) is 12.1 Å². The van der Waals surface area contributed by atoms with Crippen molar-refractivity contribution in [1.29, 1.82) is 0 Å². The van der Waals surface area contributed by atoms with Gasteiger partial charge in [-0.05, 0) is 72.2 Å². The van der Waals surface area contributed by atoms with Crippen molar-refractivity contribution in [2.24, 2.45) is 0 Å². The highest BCUT2D eigenvalue weighted by molar-refractivity contribution is 5.97. The smallest absolute Gasteiger partial charge is 0.356 e. The van der Waals surface area contributed by atoms with Gasteiger partial charge >= 0.3 is 35.8 Å². The molecule has 3 aromatic heterocycles. The molecular weight excluding hydrogens is 841 g/mol. The molecule has 64 heavy (non-hydrogen) atoms. The number of amides is 2.